The van der Waals surface area contributed by atoms with Crippen LogP contribution in [0, 0.1) is 0 Å². The van der Waals surface area contributed by atoms with Crippen molar-refractivity contribution in [2.75, 3.05) is 0 Å². The summed E-state index contributed by atoms with van der Waals surface area (Å²) in [5, 5.41) is 3.49. The van der Waals surface area contributed by atoms with Crippen LogP contribution in [0.2, 0.25) is 0 Å². The number of primary amides is 1. The second kappa shape index (κ2) is 3.18. The topological polar surface area (TPSA) is 69.1 Å². The molecule has 60 valence electrons. The second-order valence-electron chi connectivity index (χ2n) is 2.28. The Kier molecular flexibility index (Phi) is 2.25. The first-order chi connectivity index (χ1) is 5.25. The van der Waals surface area contributed by atoms with Crippen LogP contribution in [0.1, 0.15) is 25.0 Å². The number of amides is 1. The number of hydrogen-bond donors (Lipinski definition) is 1. The van der Waals surface area contributed by atoms with Crippen molar-refractivity contribution in [2.24, 2.45) is 5.73 Å². The van der Waals surface area contributed by atoms with Crippen LogP contribution >= 0.6 is 0 Å². The highest BCUT2D eigenvalue weighted by molar-refractivity contribution is 5.80. The normalized spacial score (nSPS) is 12.8. The molecule has 0 aliphatic heterocycles. The van der Waals surface area contributed by atoms with Gasteiger partial charge in [0.15, 0.2) is 0 Å². The van der Waals surface area contributed by atoms with Crippen LogP contribution in [0.25, 0.3) is 0 Å². The molecule has 1 atom stereocenters. The first-order valence-corrected chi connectivity index (χ1v) is 3.45. The Labute approximate surface area is 64.4 Å². The summed E-state index contributed by atoms with van der Waals surface area (Å²) in [7, 11) is 0. The minimum Gasteiger partial charge on any atom is -0.369 e. The zero-order valence-electron chi connectivity index (χ0n) is 6.28. The van der Waals surface area contributed by atoms with Crippen molar-refractivity contribution in [3.8, 4) is 0 Å². The third-order valence-electron chi connectivity index (χ3n) is 1.55. The number of rotatable bonds is 3. The SMILES string of the molecule is CCC(C(N)=O)c1ccno1. The molecule has 1 rings (SSSR count). The number of carbonyl (C=O) groups is 1. The summed E-state index contributed by atoms with van der Waals surface area (Å²) < 4.78 is 4.80. The van der Waals surface area contributed by atoms with Crippen molar-refractivity contribution in [2.45, 2.75) is 19.3 Å². The summed E-state index contributed by atoms with van der Waals surface area (Å²) >= 11 is 0. The van der Waals surface area contributed by atoms with E-state index in [2.05, 4.69) is 5.16 Å². The molecule has 0 aliphatic rings. The predicted molar refractivity (Wildman–Crippen MR) is 38.7 cm³/mol. The number of nitrogens with zero attached hydrogens (tertiary/aromatic N) is 1. The Morgan fingerprint density at radius 1 is 1.91 bits per heavy atom. The minimum atomic E-state index is -0.371. The molecular weight excluding hydrogens is 144 g/mol. The molecule has 0 fully saturated rings. The molecule has 0 aromatic carbocycles. The lowest BCUT2D eigenvalue weighted by molar-refractivity contribution is -0.119. The van der Waals surface area contributed by atoms with Gasteiger partial charge >= 0.3 is 0 Å². The Morgan fingerprint density at radius 3 is 3.00 bits per heavy atom. The lowest BCUT2D eigenvalue weighted by Gasteiger charge is -2.04. The van der Waals surface area contributed by atoms with E-state index in [1.54, 1.807) is 6.07 Å². The van der Waals surface area contributed by atoms with Crippen LogP contribution in [0.4, 0.5) is 0 Å². The van der Waals surface area contributed by atoms with E-state index in [9.17, 15) is 4.79 Å². The van der Waals surface area contributed by atoms with Gasteiger partial charge in [0.2, 0.25) is 5.91 Å². The maximum Gasteiger partial charge on any atom is 0.228 e. The van der Waals surface area contributed by atoms with E-state index in [-0.39, 0.29) is 11.8 Å². The first-order valence-electron chi connectivity index (χ1n) is 3.45. The van der Waals surface area contributed by atoms with Gasteiger partial charge in [0.05, 0.1) is 12.1 Å². The number of nitrogens with two attached hydrogens (primary N) is 1. The molecule has 1 heterocycles. The highest BCUT2D eigenvalue weighted by Gasteiger charge is 2.18. The largest absolute Gasteiger partial charge is 0.369 e. The van der Waals surface area contributed by atoms with Crippen LogP contribution in [0.3, 0.4) is 0 Å². The van der Waals surface area contributed by atoms with E-state index in [1.807, 2.05) is 6.92 Å². The van der Waals surface area contributed by atoms with Gasteiger partial charge in [-0.15, -0.1) is 0 Å². The molecule has 1 unspecified atom stereocenters. The summed E-state index contributed by atoms with van der Waals surface area (Å²) in [6, 6.07) is 1.65. The Bertz CT molecular complexity index is 231. The van der Waals surface area contributed by atoms with Crippen LogP contribution in [0.15, 0.2) is 16.8 Å². The summed E-state index contributed by atoms with van der Waals surface area (Å²) in [5.41, 5.74) is 5.11. The van der Waals surface area contributed by atoms with Gasteiger partial charge in [0, 0.05) is 6.07 Å². The van der Waals surface area contributed by atoms with E-state index in [0.717, 1.165) is 0 Å². The van der Waals surface area contributed by atoms with Gasteiger partial charge in [-0.25, -0.2) is 0 Å². The van der Waals surface area contributed by atoms with Crippen molar-refractivity contribution < 1.29 is 9.32 Å². The number of aromatic nitrogens is 1. The Balaban J connectivity index is 2.79. The van der Waals surface area contributed by atoms with E-state index in [0.29, 0.717) is 12.2 Å². The zero-order chi connectivity index (χ0) is 8.27. The Morgan fingerprint density at radius 2 is 2.64 bits per heavy atom. The summed E-state index contributed by atoms with van der Waals surface area (Å²) in [5.74, 6) is -0.165. The van der Waals surface area contributed by atoms with Crippen LogP contribution in [-0.4, -0.2) is 11.1 Å². The fourth-order valence-electron chi connectivity index (χ4n) is 0.948. The minimum absolute atomic E-state index is 0.336. The highest BCUT2D eigenvalue weighted by Crippen LogP contribution is 2.17. The van der Waals surface area contributed by atoms with E-state index in [1.165, 1.54) is 6.20 Å². The first kappa shape index (κ1) is 7.78. The van der Waals surface area contributed by atoms with Crippen molar-refractivity contribution in [1.29, 1.82) is 0 Å². The van der Waals surface area contributed by atoms with Crippen LogP contribution in [0.5, 0.6) is 0 Å². The summed E-state index contributed by atoms with van der Waals surface area (Å²) in [4.78, 5) is 10.8. The van der Waals surface area contributed by atoms with Gasteiger partial charge < -0.3 is 10.3 Å². The zero-order valence-corrected chi connectivity index (χ0v) is 6.28. The van der Waals surface area contributed by atoms with E-state index in [4.69, 9.17) is 10.3 Å². The maximum atomic E-state index is 10.8. The van der Waals surface area contributed by atoms with Gasteiger partial charge in [-0.2, -0.15) is 0 Å². The van der Waals surface area contributed by atoms with Gasteiger partial charge in [-0.1, -0.05) is 12.1 Å². The molecule has 1 aromatic heterocycles. The molecule has 0 spiro atoms. The smallest absolute Gasteiger partial charge is 0.228 e. The lowest BCUT2D eigenvalue weighted by Crippen LogP contribution is -2.20. The Hall–Kier alpha value is -1.32. The van der Waals surface area contributed by atoms with Crippen LogP contribution < -0.4 is 5.73 Å². The third-order valence-corrected chi connectivity index (χ3v) is 1.55. The fraction of sp³-hybridized carbons (Fsp3) is 0.429. The van der Waals surface area contributed by atoms with Gasteiger partial charge in [0.25, 0.3) is 0 Å². The third kappa shape index (κ3) is 1.58. The van der Waals surface area contributed by atoms with Crippen molar-refractivity contribution >= 4 is 5.91 Å². The molecular formula is C7H10N2O2. The van der Waals surface area contributed by atoms with Gasteiger partial charge in [-0.3, -0.25) is 4.79 Å². The molecule has 11 heavy (non-hydrogen) atoms. The summed E-state index contributed by atoms with van der Waals surface area (Å²) in [6.45, 7) is 1.87. The molecule has 0 saturated carbocycles. The monoisotopic (exact) mass is 154 g/mol. The maximum absolute atomic E-state index is 10.8. The lowest BCUT2D eigenvalue weighted by atomic mass is 10.0. The highest BCUT2D eigenvalue weighted by atomic mass is 16.5. The molecule has 0 bridgehead atoms. The summed E-state index contributed by atoms with van der Waals surface area (Å²) in [6.07, 6.45) is 2.14. The quantitative estimate of drug-likeness (QED) is 0.695. The molecule has 0 aliphatic carbocycles. The van der Waals surface area contributed by atoms with E-state index < -0.39 is 0 Å². The fourth-order valence-corrected chi connectivity index (χ4v) is 0.948. The average molecular weight is 154 g/mol. The van der Waals surface area contributed by atoms with Crippen molar-refractivity contribution in [1.82, 2.24) is 5.16 Å². The number of hydrogen-bond acceptors (Lipinski definition) is 3. The molecule has 2 N–H and O–H groups in total. The number of carbonyl (C=O) groups excluding carboxylic acids is 1. The van der Waals surface area contributed by atoms with Crippen LogP contribution in [-0.2, 0) is 4.79 Å². The molecule has 4 nitrogen and oxygen atoms in total. The predicted octanol–water partition coefficient (Wildman–Crippen LogP) is 0.654. The second-order valence-corrected chi connectivity index (χ2v) is 2.28. The average Bonchev–Trinajstić information content (AvgIpc) is 2.40. The standard InChI is InChI=1S/C7H10N2O2/c1-2-5(7(8)10)6-3-4-9-11-6/h3-5H,2H2,1H3,(H2,8,10). The van der Waals surface area contributed by atoms with Crippen molar-refractivity contribution in [3.05, 3.63) is 18.0 Å². The van der Waals surface area contributed by atoms with Gasteiger partial charge in [-0.05, 0) is 6.42 Å². The molecule has 4 heteroatoms. The molecule has 1 aromatic rings. The molecule has 1 amide bonds. The molecule has 0 saturated heterocycles. The van der Waals surface area contributed by atoms with Gasteiger partial charge in [0.1, 0.15) is 5.76 Å². The molecule has 0 radical (unpaired) electrons. The van der Waals surface area contributed by atoms with E-state index >= 15 is 0 Å². The van der Waals surface area contributed by atoms with Crippen molar-refractivity contribution in [3.63, 3.8) is 0 Å².